The van der Waals surface area contributed by atoms with Crippen molar-refractivity contribution in [1.29, 1.82) is 0 Å². The predicted octanol–water partition coefficient (Wildman–Crippen LogP) is 1.06. The van der Waals surface area contributed by atoms with E-state index in [1.165, 1.54) is 18.1 Å². The van der Waals surface area contributed by atoms with E-state index in [0.29, 0.717) is 10.9 Å². The van der Waals surface area contributed by atoms with Gasteiger partial charge in [0.2, 0.25) is 0 Å². The molecule has 15 heavy (non-hydrogen) atoms. The molecule has 0 aliphatic carbocycles. The van der Waals surface area contributed by atoms with Crippen molar-refractivity contribution in [2.75, 3.05) is 18.8 Å². The molecule has 0 radical (unpaired) electrons. The molecule has 1 N–H and O–H groups in total. The van der Waals surface area contributed by atoms with Crippen LogP contribution in [0.1, 0.15) is 0 Å². The van der Waals surface area contributed by atoms with Gasteiger partial charge < -0.3 is 5.32 Å². The van der Waals surface area contributed by atoms with Gasteiger partial charge in [-0.3, -0.25) is 0 Å². The van der Waals surface area contributed by atoms with Gasteiger partial charge in [-0.15, -0.1) is 0 Å². The third-order valence-corrected chi connectivity index (χ3v) is 2.54. The van der Waals surface area contributed by atoms with E-state index in [1.54, 1.807) is 11.7 Å². The van der Waals surface area contributed by atoms with E-state index >= 15 is 0 Å². The van der Waals surface area contributed by atoms with Crippen molar-refractivity contribution in [3.05, 3.63) is 6.33 Å². The fourth-order valence-electron chi connectivity index (χ4n) is 0.861. The van der Waals surface area contributed by atoms with Crippen molar-refractivity contribution >= 4 is 11.8 Å². The summed E-state index contributed by atoms with van der Waals surface area (Å²) in [6.07, 6.45) is -2.74. The van der Waals surface area contributed by atoms with E-state index in [-0.39, 0.29) is 6.54 Å². The normalized spacial score (nSPS) is 12.0. The number of halogens is 3. The first-order valence-electron chi connectivity index (χ1n) is 4.23. The van der Waals surface area contributed by atoms with Crippen LogP contribution in [0.5, 0.6) is 0 Å². The molecule has 0 spiro atoms. The smallest absolute Gasteiger partial charge is 0.308 e. The third-order valence-electron chi connectivity index (χ3n) is 1.51. The van der Waals surface area contributed by atoms with Gasteiger partial charge in [-0.05, 0) is 0 Å². The molecular weight excluding hydrogens is 229 g/mol. The number of aryl methyl sites for hydroxylation is 1. The molecule has 1 aromatic rings. The van der Waals surface area contributed by atoms with Crippen LogP contribution in [-0.4, -0.2) is 39.8 Å². The number of rotatable bonds is 5. The fourth-order valence-corrected chi connectivity index (χ4v) is 1.65. The van der Waals surface area contributed by atoms with E-state index < -0.39 is 12.7 Å². The van der Waals surface area contributed by atoms with Crippen LogP contribution < -0.4 is 5.32 Å². The first kappa shape index (κ1) is 12.3. The molecule has 8 heteroatoms. The van der Waals surface area contributed by atoms with Crippen LogP contribution in [0.2, 0.25) is 0 Å². The van der Waals surface area contributed by atoms with Gasteiger partial charge in [0, 0.05) is 19.3 Å². The van der Waals surface area contributed by atoms with E-state index in [0.717, 1.165) is 0 Å². The summed E-state index contributed by atoms with van der Waals surface area (Å²) in [5, 5.41) is 6.84. The van der Waals surface area contributed by atoms with E-state index in [2.05, 4.69) is 15.4 Å². The van der Waals surface area contributed by atoms with Crippen molar-refractivity contribution in [1.82, 2.24) is 20.1 Å². The quantitative estimate of drug-likeness (QED) is 0.617. The van der Waals surface area contributed by atoms with Gasteiger partial charge in [-0.1, -0.05) is 11.8 Å². The molecule has 0 aliphatic heterocycles. The van der Waals surface area contributed by atoms with Crippen LogP contribution in [0.4, 0.5) is 13.2 Å². The Bertz CT molecular complexity index is 299. The van der Waals surface area contributed by atoms with Gasteiger partial charge in [0.1, 0.15) is 6.33 Å². The Balaban J connectivity index is 2.10. The standard InChI is InChI=1S/C7H11F3N4S/c1-14-6(12-5-13-14)15-3-2-11-4-7(8,9)10/h5,11H,2-4H2,1H3. The highest BCUT2D eigenvalue weighted by molar-refractivity contribution is 7.99. The molecule has 1 heterocycles. The van der Waals surface area contributed by atoms with Crippen LogP contribution in [0.3, 0.4) is 0 Å². The van der Waals surface area contributed by atoms with E-state index in [4.69, 9.17) is 0 Å². The molecule has 4 nitrogen and oxygen atoms in total. The molecule has 1 rings (SSSR count). The maximum atomic E-state index is 11.7. The van der Waals surface area contributed by atoms with E-state index in [9.17, 15) is 13.2 Å². The molecule has 0 atom stereocenters. The van der Waals surface area contributed by atoms with Crippen LogP contribution in [0, 0.1) is 0 Å². The number of alkyl halides is 3. The minimum absolute atomic E-state index is 0.289. The Morgan fingerprint density at radius 1 is 1.53 bits per heavy atom. The lowest BCUT2D eigenvalue weighted by Crippen LogP contribution is -2.30. The number of hydrogen-bond donors (Lipinski definition) is 1. The number of nitrogens with zero attached hydrogens (tertiary/aromatic N) is 3. The molecule has 0 saturated carbocycles. The molecule has 0 aromatic carbocycles. The second-order valence-electron chi connectivity index (χ2n) is 2.81. The average molecular weight is 240 g/mol. The summed E-state index contributed by atoms with van der Waals surface area (Å²) in [5.74, 6) is 0.530. The molecule has 0 fully saturated rings. The molecular formula is C7H11F3N4S. The summed E-state index contributed by atoms with van der Waals surface area (Å²) >= 11 is 1.36. The topological polar surface area (TPSA) is 42.7 Å². The highest BCUT2D eigenvalue weighted by atomic mass is 32.2. The molecule has 86 valence electrons. The average Bonchev–Trinajstić information content (AvgIpc) is 2.49. The van der Waals surface area contributed by atoms with Gasteiger partial charge in [0.15, 0.2) is 5.16 Å². The van der Waals surface area contributed by atoms with Gasteiger partial charge >= 0.3 is 6.18 Å². The molecule has 0 aliphatic rings. The molecule has 0 amide bonds. The second kappa shape index (κ2) is 5.36. The molecule has 1 aromatic heterocycles. The third kappa shape index (κ3) is 5.03. The zero-order valence-electron chi connectivity index (χ0n) is 8.08. The van der Waals surface area contributed by atoms with Crippen LogP contribution in [0.15, 0.2) is 11.5 Å². The minimum atomic E-state index is -4.14. The van der Waals surface area contributed by atoms with Crippen molar-refractivity contribution in [3.8, 4) is 0 Å². The van der Waals surface area contributed by atoms with E-state index in [1.807, 2.05) is 0 Å². The number of nitrogens with one attached hydrogen (secondary N) is 1. The lowest BCUT2D eigenvalue weighted by molar-refractivity contribution is -0.124. The Morgan fingerprint density at radius 3 is 2.80 bits per heavy atom. The largest absolute Gasteiger partial charge is 0.401 e. The maximum absolute atomic E-state index is 11.7. The summed E-state index contributed by atoms with van der Waals surface area (Å²) in [6, 6.07) is 0. The van der Waals surface area contributed by atoms with Gasteiger partial charge in [0.05, 0.1) is 6.54 Å². The van der Waals surface area contributed by atoms with Gasteiger partial charge in [-0.25, -0.2) is 9.67 Å². The molecule has 0 saturated heterocycles. The fraction of sp³-hybridized carbons (Fsp3) is 0.714. The van der Waals surface area contributed by atoms with Crippen LogP contribution in [0.25, 0.3) is 0 Å². The maximum Gasteiger partial charge on any atom is 0.401 e. The summed E-state index contributed by atoms with van der Waals surface area (Å²) in [5.41, 5.74) is 0. The molecule has 0 bridgehead atoms. The SMILES string of the molecule is Cn1ncnc1SCCNCC(F)(F)F. The number of aromatic nitrogens is 3. The monoisotopic (exact) mass is 240 g/mol. The van der Waals surface area contributed by atoms with Gasteiger partial charge in [-0.2, -0.15) is 18.3 Å². The zero-order valence-corrected chi connectivity index (χ0v) is 8.90. The first-order valence-corrected chi connectivity index (χ1v) is 5.22. The molecule has 0 unspecified atom stereocenters. The minimum Gasteiger partial charge on any atom is -0.308 e. The second-order valence-corrected chi connectivity index (χ2v) is 3.87. The summed E-state index contributed by atoms with van der Waals surface area (Å²) in [7, 11) is 1.73. The van der Waals surface area contributed by atoms with Crippen molar-refractivity contribution in [3.63, 3.8) is 0 Å². The van der Waals surface area contributed by atoms with Crippen molar-refractivity contribution in [2.24, 2.45) is 7.05 Å². The summed E-state index contributed by atoms with van der Waals surface area (Å²) in [4.78, 5) is 3.93. The van der Waals surface area contributed by atoms with Crippen LogP contribution >= 0.6 is 11.8 Å². The summed E-state index contributed by atoms with van der Waals surface area (Å²) in [6.45, 7) is -0.663. The van der Waals surface area contributed by atoms with Crippen molar-refractivity contribution < 1.29 is 13.2 Å². The predicted molar refractivity (Wildman–Crippen MR) is 50.7 cm³/mol. The highest BCUT2D eigenvalue weighted by Gasteiger charge is 2.25. The number of thioether (sulfide) groups is 1. The van der Waals surface area contributed by atoms with Crippen LogP contribution in [-0.2, 0) is 7.05 Å². The Labute approximate surface area is 89.3 Å². The zero-order chi connectivity index (χ0) is 11.3. The lowest BCUT2D eigenvalue weighted by atomic mass is 10.6. The highest BCUT2D eigenvalue weighted by Crippen LogP contribution is 2.13. The number of hydrogen-bond acceptors (Lipinski definition) is 4. The summed E-state index contributed by atoms with van der Waals surface area (Å²) < 4.78 is 36.8. The first-order chi connectivity index (χ1) is 6.99. The Morgan fingerprint density at radius 2 is 2.27 bits per heavy atom. The van der Waals surface area contributed by atoms with Gasteiger partial charge in [0.25, 0.3) is 0 Å². The van der Waals surface area contributed by atoms with Crippen molar-refractivity contribution in [2.45, 2.75) is 11.3 Å². The lowest BCUT2D eigenvalue weighted by Gasteiger charge is -2.07. The Hall–Kier alpha value is -0.760. The Kier molecular flexibility index (Phi) is 4.40.